The molecule has 2 atom stereocenters. The Morgan fingerprint density at radius 1 is 1.10 bits per heavy atom. The molecule has 2 aromatic carbocycles. The lowest BCUT2D eigenvalue weighted by Gasteiger charge is -2.50. The molecule has 2 aromatic rings. The Balaban J connectivity index is 1.62. The number of hydrogen-bond donors (Lipinski definition) is 1. The number of amides is 1. The molecular weight excluding hydrogens is 366 g/mol. The van der Waals surface area contributed by atoms with E-state index in [1.54, 1.807) is 29.2 Å². The molecule has 2 aliphatic heterocycles. The second kappa shape index (κ2) is 8.34. The lowest BCUT2D eigenvalue weighted by Crippen LogP contribution is -2.63. The topological polar surface area (TPSA) is 76.8 Å². The van der Waals surface area contributed by atoms with E-state index in [2.05, 4.69) is 11.0 Å². The van der Waals surface area contributed by atoms with E-state index in [4.69, 9.17) is 10.00 Å². The molecule has 6 heteroatoms. The van der Waals surface area contributed by atoms with Crippen molar-refractivity contribution < 1.29 is 14.6 Å². The molecule has 1 amide bonds. The van der Waals surface area contributed by atoms with E-state index in [1.807, 2.05) is 30.3 Å². The fraction of sp³-hybridized carbons (Fsp3) is 0.391. The van der Waals surface area contributed by atoms with Gasteiger partial charge in [-0.05, 0) is 30.2 Å². The smallest absolute Gasteiger partial charge is 0.253 e. The van der Waals surface area contributed by atoms with E-state index in [0.29, 0.717) is 43.9 Å². The SMILES string of the molecule is N#Cc1cccc(C(=O)N2CC[C@](O)(c3ccccc3)[C@H](N3CCOCC3)C2)c1. The maximum atomic E-state index is 13.1. The van der Waals surface area contributed by atoms with Crippen LogP contribution in [0.1, 0.15) is 27.9 Å². The summed E-state index contributed by atoms with van der Waals surface area (Å²) in [6.07, 6.45) is 0.461. The Morgan fingerprint density at radius 3 is 2.59 bits per heavy atom. The van der Waals surface area contributed by atoms with E-state index in [1.165, 1.54) is 0 Å². The zero-order chi connectivity index (χ0) is 20.3. The molecule has 29 heavy (non-hydrogen) atoms. The fourth-order valence-corrected chi connectivity index (χ4v) is 4.38. The Labute approximate surface area is 170 Å². The summed E-state index contributed by atoms with van der Waals surface area (Å²) in [5.41, 5.74) is 0.840. The number of benzene rings is 2. The second-order valence-corrected chi connectivity index (χ2v) is 7.65. The third kappa shape index (κ3) is 3.90. The third-order valence-corrected chi connectivity index (χ3v) is 5.99. The van der Waals surface area contributed by atoms with Crippen LogP contribution in [0, 0.1) is 11.3 Å². The predicted octanol–water partition coefficient (Wildman–Crippen LogP) is 1.99. The number of hydrogen-bond acceptors (Lipinski definition) is 5. The van der Waals surface area contributed by atoms with Gasteiger partial charge in [0.25, 0.3) is 5.91 Å². The van der Waals surface area contributed by atoms with Gasteiger partial charge in [-0.2, -0.15) is 5.26 Å². The van der Waals surface area contributed by atoms with Gasteiger partial charge in [-0.15, -0.1) is 0 Å². The van der Waals surface area contributed by atoms with Gasteiger partial charge in [-0.1, -0.05) is 36.4 Å². The molecule has 0 unspecified atom stereocenters. The van der Waals surface area contributed by atoms with Crippen LogP contribution in [-0.4, -0.2) is 66.2 Å². The van der Waals surface area contributed by atoms with Gasteiger partial charge >= 0.3 is 0 Å². The first-order valence-corrected chi connectivity index (χ1v) is 10.0. The fourth-order valence-electron chi connectivity index (χ4n) is 4.38. The number of ether oxygens (including phenoxy) is 1. The molecule has 0 aliphatic carbocycles. The Hall–Kier alpha value is -2.72. The third-order valence-electron chi connectivity index (χ3n) is 5.99. The normalized spacial score (nSPS) is 25.4. The molecule has 2 fully saturated rings. The van der Waals surface area contributed by atoms with Crippen LogP contribution in [0.15, 0.2) is 54.6 Å². The molecule has 0 aromatic heterocycles. The Morgan fingerprint density at radius 2 is 1.86 bits per heavy atom. The van der Waals surface area contributed by atoms with Crippen LogP contribution >= 0.6 is 0 Å². The van der Waals surface area contributed by atoms with Gasteiger partial charge in [0.15, 0.2) is 0 Å². The highest BCUT2D eigenvalue weighted by Crippen LogP contribution is 2.36. The monoisotopic (exact) mass is 391 g/mol. The highest BCUT2D eigenvalue weighted by atomic mass is 16.5. The first-order chi connectivity index (χ1) is 14.1. The van der Waals surface area contributed by atoms with Gasteiger partial charge in [0, 0.05) is 31.7 Å². The van der Waals surface area contributed by atoms with E-state index in [0.717, 1.165) is 18.7 Å². The molecule has 2 aliphatic rings. The van der Waals surface area contributed by atoms with Crippen molar-refractivity contribution in [2.75, 3.05) is 39.4 Å². The number of likely N-dealkylation sites (tertiary alicyclic amines) is 1. The van der Waals surface area contributed by atoms with E-state index in [9.17, 15) is 9.90 Å². The summed E-state index contributed by atoms with van der Waals surface area (Å²) in [5, 5.41) is 20.9. The summed E-state index contributed by atoms with van der Waals surface area (Å²) in [6.45, 7) is 3.60. The minimum absolute atomic E-state index is 0.101. The Bertz CT molecular complexity index is 905. The Kier molecular flexibility index (Phi) is 5.63. The number of nitrogens with zero attached hydrogens (tertiary/aromatic N) is 3. The summed E-state index contributed by atoms with van der Waals surface area (Å²) in [4.78, 5) is 17.2. The van der Waals surface area contributed by atoms with Crippen molar-refractivity contribution in [2.24, 2.45) is 0 Å². The summed E-state index contributed by atoms with van der Waals surface area (Å²) in [7, 11) is 0. The lowest BCUT2D eigenvalue weighted by molar-refractivity contribution is -0.112. The van der Waals surface area contributed by atoms with Crippen LogP contribution in [0.2, 0.25) is 0 Å². The van der Waals surface area contributed by atoms with Gasteiger partial charge < -0.3 is 14.7 Å². The molecule has 2 heterocycles. The van der Waals surface area contributed by atoms with Crippen LogP contribution in [0.25, 0.3) is 0 Å². The molecule has 4 rings (SSSR count). The maximum Gasteiger partial charge on any atom is 0.253 e. The number of carbonyl (C=O) groups is 1. The van der Waals surface area contributed by atoms with Gasteiger partial charge in [-0.3, -0.25) is 9.69 Å². The molecule has 0 saturated carbocycles. The van der Waals surface area contributed by atoms with E-state index >= 15 is 0 Å². The van der Waals surface area contributed by atoms with Gasteiger partial charge in [0.05, 0.1) is 30.9 Å². The van der Waals surface area contributed by atoms with Gasteiger partial charge in [0.2, 0.25) is 0 Å². The summed E-state index contributed by atoms with van der Waals surface area (Å²) < 4.78 is 5.50. The van der Waals surface area contributed by atoms with Crippen molar-refractivity contribution in [3.05, 3.63) is 71.3 Å². The van der Waals surface area contributed by atoms with Crippen molar-refractivity contribution >= 4 is 5.91 Å². The minimum atomic E-state index is -1.02. The molecule has 0 radical (unpaired) electrons. The van der Waals surface area contributed by atoms with Crippen molar-refractivity contribution in [1.82, 2.24) is 9.80 Å². The minimum Gasteiger partial charge on any atom is -0.383 e. The number of carbonyl (C=O) groups excluding carboxylic acids is 1. The van der Waals surface area contributed by atoms with Crippen molar-refractivity contribution in [3.63, 3.8) is 0 Å². The van der Waals surface area contributed by atoms with Crippen LogP contribution < -0.4 is 0 Å². The molecule has 150 valence electrons. The standard InChI is InChI=1S/C23H25N3O3/c24-16-18-5-4-6-19(15-18)22(27)26-10-9-23(28,20-7-2-1-3-8-20)21(17-26)25-11-13-29-14-12-25/h1-8,15,21,28H,9-14,17H2/t21-,23+/m1/s1. The molecule has 2 saturated heterocycles. The zero-order valence-corrected chi connectivity index (χ0v) is 16.3. The molecule has 0 spiro atoms. The van der Waals surface area contributed by atoms with Gasteiger partial charge in [-0.25, -0.2) is 0 Å². The molecule has 6 nitrogen and oxygen atoms in total. The second-order valence-electron chi connectivity index (χ2n) is 7.65. The number of nitriles is 1. The first-order valence-electron chi connectivity index (χ1n) is 10.0. The summed E-state index contributed by atoms with van der Waals surface area (Å²) >= 11 is 0. The quantitative estimate of drug-likeness (QED) is 0.866. The van der Waals surface area contributed by atoms with E-state index in [-0.39, 0.29) is 11.9 Å². The molecule has 0 bridgehead atoms. The zero-order valence-electron chi connectivity index (χ0n) is 16.3. The van der Waals surface area contributed by atoms with Gasteiger partial charge in [0.1, 0.15) is 5.60 Å². The highest BCUT2D eigenvalue weighted by Gasteiger charge is 2.47. The lowest BCUT2D eigenvalue weighted by atomic mass is 9.79. The molecular formula is C23H25N3O3. The van der Waals surface area contributed by atoms with Crippen LogP contribution in [0.5, 0.6) is 0 Å². The number of aliphatic hydroxyl groups is 1. The summed E-state index contributed by atoms with van der Waals surface area (Å²) in [6, 6.07) is 18.4. The van der Waals surface area contributed by atoms with Crippen molar-refractivity contribution in [3.8, 4) is 6.07 Å². The number of piperidine rings is 1. The summed E-state index contributed by atoms with van der Waals surface area (Å²) in [5.74, 6) is -0.101. The van der Waals surface area contributed by atoms with Crippen LogP contribution in [-0.2, 0) is 10.3 Å². The maximum absolute atomic E-state index is 13.1. The average molecular weight is 391 g/mol. The predicted molar refractivity (Wildman–Crippen MR) is 108 cm³/mol. The average Bonchev–Trinajstić information content (AvgIpc) is 2.80. The van der Waals surface area contributed by atoms with Crippen LogP contribution in [0.4, 0.5) is 0 Å². The van der Waals surface area contributed by atoms with Crippen molar-refractivity contribution in [2.45, 2.75) is 18.1 Å². The first kappa shape index (κ1) is 19.6. The number of rotatable bonds is 3. The number of morpholine rings is 1. The van der Waals surface area contributed by atoms with E-state index < -0.39 is 5.60 Å². The van der Waals surface area contributed by atoms with Crippen LogP contribution in [0.3, 0.4) is 0 Å². The van der Waals surface area contributed by atoms with Crippen molar-refractivity contribution in [1.29, 1.82) is 5.26 Å². The molecule has 1 N–H and O–H groups in total. The highest BCUT2D eigenvalue weighted by molar-refractivity contribution is 5.94. The largest absolute Gasteiger partial charge is 0.383 e.